The summed E-state index contributed by atoms with van der Waals surface area (Å²) < 4.78 is 10.9. The molecule has 0 radical (unpaired) electrons. The third kappa shape index (κ3) is 5.80. The highest BCUT2D eigenvalue weighted by molar-refractivity contribution is 6.31. The SMILES string of the molecule is Cc1ccc(Oc2ccc(Cl)cc2NC(=O)COC(=O)c2ccc(C)nc2)cc1. The van der Waals surface area contributed by atoms with Crippen molar-refractivity contribution >= 4 is 29.2 Å². The molecular weight excluding hydrogens is 392 g/mol. The van der Waals surface area contributed by atoms with E-state index >= 15 is 0 Å². The fourth-order valence-electron chi connectivity index (χ4n) is 2.41. The fourth-order valence-corrected chi connectivity index (χ4v) is 2.58. The highest BCUT2D eigenvalue weighted by atomic mass is 35.5. The molecule has 0 unspecified atom stereocenters. The van der Waals surface area contributed by atoms with Crippen molar-refractivity contribution in [2.45, 2.75) is 13.8 Å². The number of aromatic nitrogens is 1. The maximum absolute atomic E-state index is 12.3. The van der Waals surface area contributed by atoms with Crippen LogP contribution in [0.3, 0.4) is 0 Å². The van der Waals surface area contributed by atoms with Crippen LogP contribution in [-0.2, 0) is 9.53 Å². The van der Waals surface area contributed by atoms with Gasteiger partial charge in [-0.25, -0.2) is 4.79 Å². The Balaban J connectivity index is 1.64. The monoisotopic (exact) mass is 410 g/mol. The first-order valence-corrected chi connectivity index (χ1v) is 9.22. The predicted octanol–water partition coefficient (Wildman–Crippen LogP) is 4.94. The Kier molecular flexibility index (Phi) is 6.46. The van der Waals surface area contributed by atoms with E-state index in [0.717, 1.165) is 11.3 Å². The maximum Gasteiger partial charge on any atom is 0.340 e. The summed E-state index contributed by atoms with van der Waals surface area (Å²) in [5, 5.41) is 3.09. The Bertz CT molecular complexity index is 1020. The molecule has 2 aromatic carbocycles. The number of pyridine rings is 1. The zero-order chi connectivity index (χ0) is 20.8. The van der Waals surface area contributed by atoms with Gasteiger partial charge >= 0.3 is 5.97 Å². The van der Waals surface area contributed by atoms with Crippen molar-refractivity contribution < 1.29 is 19.1 Å². The van der Waals surface area contributed by atoms with Gasteiger partial charge in [0.25, 0.3) is 5.91 Å². The second-order valence-electron chi connectivity index (χ2n) is 6.37. The number of halogens is 1. The topological polar surface area (TPSA) is 77.5 Å². The molecule has 0 bridgehead atoms. The van der Waals surface area contributed by atoms with Crippen molar-refractivity contribution in [3.63, 3.8) is 0 Å². The van der Waals surface area contributed by atoms with Crippen molar-refractivity contribution in [2.24, 2.45) is 0 Å². The minimum absolute atomic E-state index is 0.273. The molecule has 0 aliphatic rings. The van der Waals surface area contributed by atoms with Crippen molar-refractivity contribution in [1.82, 2.24) is 4.98 Å². The Morgan fingerprint density at radius 1 is 1.03 bits per heavy atom. The van der Waals surface area contributed by atoms with E-state index < -0.39 is 18.5 Å². The molecule has 0 fully saturated rings. The van der Waals surface area contributed by atoms with E-state index in [1.54, 1.807) is 30.3 Å². The first-order chi connectivity index (χ1) is 13.9. The molecule has 3 aromatic rings. The highest BCUT2D eigenvalue weighted by Gasteiger charge is 2.13. The van der Waals surface area contributed by atoms with Crippen LogP contribution in [0.25, 0.3) is 0 Å². The van der Waals surface area contributed by atoms with E-state index in [1.165, 1.54) is 6.20 Å². The maximum atomic E-state index is 12.3. The predicted molar refractivity (Wildman–Crippen MR) is 111 cm³/mol. The molecular formula is C22H19ClN2O4. The number of hydrogen-bond acceptors (Lipinski definition) is 5. The van der Waals surface area contributed by atoms with E-state index in [4.69, 9.17) is 21.1 Å². The summed E-state index contributed by atoms with van der Waals surface area (Å²) in [7, 11) is 0. The van der Waals surface area contributed by atoms with Gasteiger partial charge < -0.3 is 14.8 Å². The second kappa shape index (κ2) is 9.21. The normalized spacial score (nSPS) is 10.3. The van der Waals surface area contributed by atoms with Crippen LogP contribution in [0.4, 0.5) is 5.69 Å². The van der Waals surface area contributed by atoms with E-state index in [0.29, 0.717) is 22.2 Å². The number of nitrogens with zero attached hydrogens (tertiary/aromatic N) is 1. The van der Waals surface area contributed by atoms with Gasteiger partial charge in [-0.1, -0.05) is 29.3 Å². The summed E-state index contributed by atoms with van der Waals surface area (Å²) in [4.78, 5) is 28.3. The number of carbonyl (C=O) groups is 2. The molecule has 7 heteroatoms. The molecule has 29 heavy (non-hydrogen) atoms. The Morgan fingerprint density at radius 2 is 1.79 bits per heavy atom. The Labute approximate surface area is 173 Å². The number of rotatable bonds is 6. The Morgan fingerprint density at radius 3 is 2.48 bits per heavy atom. The van der Waals surface area contributed by atoms with Crippen molar-refractivity contribution in [3.8, 4) is 11.5 Å². The van der Waals surface area contributed by atoms with Crippen LogP contribution in [-0.4, -0.2) is 23.5 Å². The molecule has 0 aliphatic heterocycles. The molecule has 6 nitrogen and oxygen atoms in total. The summed E-state index contributed by atoms with van der Waals surface area (Å²) in [5.41, 5.74) is 2.53. The first-order valence-electron chi connectivity index (χ1n) is 8.84. The van der Waals surface area contributed by atoms with Gasteiger partial charge in [0, 0.05) is 16.9 Å². The first kappa shape index (κ1) is 20.4. The quantitative estimate of drug-likeness (QED) is 0.582. The minimum atomic E-state index is -0.630. The lowest BCUT2D eigenvalue weighted by Gasteiger charge is -2.13. The van der Waals surface area contributed by atoms with Gasteiger partial charge in [0.05, 0.1) is 11.3 Å². The molecule has 1 aromatic heterocycles. The standard InChI is InChI=1S/C22H19ClN2O4/c1-14-3-8-18(9-4-14)29-20-10-7-17(23)11-19(20)25-21(26)13-28-22(27)16-6-5-15(2)24-12-16/h3-12H,13H2,1-2H3,(H,25,26). The lowest BCUT2D eigenvalue weighted by molar-refractivity contribution is -0.119. The third-order valence-corrected chi connectivity index (χ3v) is 4.18. The van der Waals surface area contributed by atoms with Crippen LogP contribution in [0, 0.1) is 13.8 Å². The zero-order valence-corrected chi connectivity index (χ0v) is 16.7. The summed E-state index contributed by atoms with van der Waals surface area (Å²) in [5.74, 6) is -0.114. The summed E-state index contributed by atoms with van der Waals surface area (Å²) in [6, 6.07) is 15.7. The largest absolute Gasteiger partial charge is 0.455 e. The van der Waals surface area contributed by atoms with Gasteiger partial charge in [-0.3, -0.25) is 9.78 Å². The van der Waals surface area contributed by atoms with Crippen molar-refractivity contribution in [3.05, 3.63) is 82.6 Å². The van der Waals surface area contributed by atoms with E-state index in [-0.39, 0.29) is 5.56 Å². The van der Waals surface area contributed by atoms with E-state index in [1.807, 2.05) is 38.1 Å². The smallest absolute Gasteiger partial charge is 0.340 e. The van der Waals surface area contributed by atoms with Gasteiger partial charge in [0.1, 0.15) is 5.75 Å². The molecule has 1 amide bonds. The number of anilines is 1. The lowest BCUT2D eigenvalue weighted by Crippen LogP contribution is -2.21. The molecule has 3 rings (SSSR count). The van der Waals surface area contributed by atoms with Crippen LogP contribution < -0.4 is 10.1 Å². The number of carbonyl (C=O) groups excluding carboxylic acids is 2. The van der Waals surface area contributed by atoms with Gasteiger partial charge in [-0.15, -0.1) is 0 Å². The summed E-state index contributed by atoms with van der Waals surface area (Å²) in [6.45, 7) is 3.33. The number of aryl methyl sites for hydroxylation is 2. The number of ether oxygens (including phenoxy) is 2. The minimum Gasteiger partial charge on any atom is -0.455 e. The Hall–Kier alpha value is -3.38. The molecule has 0 aliphatic carbocycles. The third-order valence-electron chi connectivity index (χ3n) is 3.95. The van der Waals surface area contributed by atoms with Crippen LogP contribution in [0.15, 0.2) is 60.8 Å². The lowest BCUT2D eigenvalue weighted by atomic mass is 10.2. The molecule has 0 saturated heterocycles. The number of hydrogen-bond donors (Lipinski definition) is 1. The summed E-state index contributed by atoms with van der Waals surface area (Å²) >= 11 is 6.05. The number of amides is 1. The molecule has 0 atom stereocenters. The second-order valence-corrected chi connectivity index (χ2v) is 6.80. The molecule has 0 saturated carbocycles. The number of nitrogens with one attached hydrogen (secondary N) is 1. The molecule has 1 heterocycles. The van der Waals surface area contributed by atoms with Gasteiger partial charge in [-0.2, -0.15) is 0 Å². The molecule has 148 valence electrons. The average molecular weight is 411 g/mol. The van der Waals surface area contributed by atoms with Crippen molar-refractivity contribution in [1.29, 1.82) is 0 Å². The van der Waals surface area contributed by atoms with Crippen LogP contribution >= 0.6 is 11.6 Å². The summed E-state index contributed by atoms with van der Waals surface area (Å²) in [6.07, 6.45) is 1.40. The van der Waals surface area contributed by atoms with Gasteiger partial charge in [0.15, 0.2) is 12.4 Å². The number of esters is 1. The van der Waals surface area contributed by atoms with Crippen LogP contribution in [0.2, 0.25) is 5.02 Å². The molecule has 0 spiro atoms. The van der Waals surface area contributed by atoms with Crippen LogP contribution in [0.1, 0.15) is 21.6 Å². The van der Waals surface area contributed by atoms with Crippen LogP contribution in [0.5, 0.6) is 11.5 Å². The van der Waals surface area contributed by atoms with E-state index in [9.17, 15) is 9.59 Å². The molecule has 1 N–H and O–H groups in total. The number of benzene rings is 2. The fraction of sp³-hybridized carbons (Fsp3) is 0.136. The van der Waals surface area contributed by atoms with Gasteiger partial charge in [0.2, 0.25) is 0 Å². The van der Waals surface area contributed by atoms with Gasteiger partial charge in [-0.05, 0) is 56.3 Å². The highest BCUT2D eigenvalue weighted by Crippen LogP contribution is 2.32. The van der Waals surface area contributed by atoms with Crippen molar-refractivity contribution in [2.75, 3.05) is 11.9 Å². The van der Waals surface area contributed by atoms with E-state index in [2.05, 4.69) is 10.3 Å². The average Bonchev–Trinajstić information content (AvgIpc) is 2.70. The zero-order valence-electron chi connectivity index (χ0n) is 15.9.